The Labute approximate surface area is 70.8 Å². The monoisotopic (exact) mass is 164 g/mol. The number of nitrogens with two attached hydrogens (primary N) is 1. The summed E-state index contributed by atoms with van der Waals surface area (Å²) < 4.78 is 0. The van der Waals surface area contributed by atoms with Gasteiger partial charge in [0, 0.05) is 18.4 Å². The molecule has 0 aliphatic rings. The molecule has 0 spiro atoms. The van der Waals surface area contributed by atoms with Gasteiger partial charge in [-0.15, -0.1) is 0 Å². The van der Waals surface area contributed by atoms with Crippen LogP contribution in [0.25, 0.3) is 0 Å². The van der Waals surface area contributed by atoms with Gasteiger partial charge in [0.15, 0.2) is 0 Å². The van der Waals surface area contributed by atoms with Gasteiger partial charge in [-0.1, -0.05) is 30.3 Å². The van der Waals surface area contributed by atoms with Crippen LogP contribution in [0, 0.1) is 0 Å². The summed E-state index contributed by atoms with van der Waals surface area (Å²) in [5, 5.41) is 10.2. The molecule has 12 heavy (non-hydrogen) atoms. The summed E-state index contributed by atoms with van der Waals surface area (Å²) in [6, 6.07) is 8.64. The van der Waals surface area contributed by atoms with E-state index in [-0.39, 0.29) is 6.42 Å². The lowest BCUT2D eigenvalue weighted by Gasteiger charge is -2.11. The van der Waals surface area contributed by atoms with Crippen LogP contribution in [0.15, 0.2) is 30.3 Å². The van der Waals surface area contributed by atoms with Gasteiger partial charge in [0.25, 0.3) is 0 Å². The van der Waals surface area contributed by atoms with Crippen molar-refractivity contribution in [2.45, 2.75) is 12.5 Å². The molecule has 0 amide bonds. The van der Waals surface area contributed by atoms with Crippen molar-refractivity contribution in [2.75, 3.05) is 0 Å². The number of carbonyl (C=O) groups is 1. The minimum atomic E-state index is -1.12. The van der Waals surface area contributed by atoms with E-state index in [1.165, 1.54) is 0 Å². The number of hydrogen-bond donors (Lipinski definition) is 1. The third-order valence-electron chi connectivity index (χ3n) is 1.61. The van der Waals surface area contributed by atoms with Crippen molar-refractivity contribution >= 4 is 5.97 Å². The molecule has 3 heteroatoms. The van der Waals surface area contributed by atoms with Crippen molar-refractivity contribution in [3.05, 3.63) is 35.9 Å². The van der Waals surface area contributed by atoms with Crippen molar-refractivity contribution < 1.29 is 9.90 Å². The van der Waals surface area contributed by atoms with E-state index >= 15 is 0 Å². The van der Waals surface area contributed by atoms with Crippen molar-refractivity contribution in [3.63, 3.8) is 0 Å². The highest BCUT2D eigenvalue weighted by Crippen LogP contribution is 2.11. The summed E-state index contributed by atoms with van der Waals surface area (Å²) in [7, 11) is 0. The van der Waals surface area contributed by atoms with Crippen LogP contribution in [-0.4, -0.2) is 5.97 Å². The van der Waals surface area contributed by atoms with Gasteiger partial charge in [-0.25, -0.2) is 0 Å². The molecule has 0 fully saturated rings. The van der Waals surface area contributed by atoms with Gasteiger partial charge < -0.3 is 15.6 Å². The molecule has 2 N–H and O–H groups in total. The predicted molar refractivity (Wildman–Crippen MR) is 43.0 cm³/mol. The van der Waals surface area contributed by atoms with Gasteiger partial charge in [-0.3, -0.25) is 0 Å². The molecule has 0 bridgehead atoms. The summed E-state index contributed by atoms with van der Waals surface area (Å²) in [5.74, 6) is -1.12. The SMILES string of the molecule is NC(CC(=O)[O-])c1ccccc1. The van der Waals surface area contributed by atoms with Crippen LogP contribution < -0.4 is 10.8 Å². The minimum absolute atomic E-state index is 0.135. The normalized spacial score (nSPS) is 12.4. The van der Waals surface area contributed by atoms with Gasteiger partial charge in [0.05, 0.1) is 0 Å². The van der Waals surface area contributed by atoms with Crippen LogP contribution in [0.1, 0.15) is 18.0 Å². The Kier molecular flexibility index (Phi) is 2.82. The summed E-state index contributed by atoms with van der Waals surface area (Å²) in [5.41, 5.74) is 6.40. The lowest BCUT2D eigenvalue weighted by atomic mass is 10.1. The first-order valence-corrected chi connectivity index (χ1v) is 3.70. The molecule has 64 valence electrons. The van der Waals surface area contributed by atoms with Crippen LogP contribution in [-0.2, 0) is 4.79 Å². The molecule has 1 aromatic carbocycles. The van der Waals surface area contributed by atoms with Crippen molar-refractivity contribution in [1.29, 1.82) is 0 Å². The maximum absolute atomic E-state index is 10.2. The maximum Gasteiger partial charge on any atom is 0.0433 e. The fourth-order valence-electron chi connectivity index (χ4n) is 0.998. The Bertz CT molecular complexity index is 258. The molecule has 1 aromatic rings. The fourth-order valence-corrected chi connectivity index (χ4v) is 0.998. The zero-order valence-electron chi connectivity index (χ0n) is 6.57. The number of rotatable bonds is 3. The van der Waals surface area contributed by atoms with Gasteiger partial charge in [0.2, 0.25) is 0 Å². The maximum atomic E-state index is 10.2. The van der Waals surface area contributed by atoms with Crippen molar-refractivity contribution in [3.8, 4) is 0 Å². The highest BCUT2D eigenvalue weighted by molar-refractivity contribution is 5.65. The van der Waals surface area contributed by atoms with Crippen LogP contribution in [0.4, 0.5) is 0 Å². The quantitative estimate of drug-likeness (QED) is 0.674. The molecule has 0 saturated carbocycles. The second-order valence-corrected chi connectivity index (χ2v) is 2.59. The third kappa shape index (κ3) is 2.36. The highest BCUT2D eigenvalue weighted by Gasteiger charge is 2.03. The van der Waals surface area contributed by atoms with E-state index in [0.29, 0.717) is 0 Å². The Morgan fingerprint density at radius 2 is 2.00 bits per heavy atom. The topological polar surface area (TPSA) is 66.2 Å². The number of hydrogen-bond acceptors (Lipinski definition) is 3. The number of benzene rings is 1. The third-order valence-corrected chi connectivity index (χ3v) is 1.61. The molecule has 0 saturated heterocycles. The van der Waals surface area contributed by atoms with Crippen LogP contribution in [0.5, 0.6) is 0 Å². The average Bonchev–Trinajstić information content (AvgIpc) is 2.05. The molecule has 0 aliphatic heterocycles. The van der Waals surface area contributed by atoms with Gasteiger partial charge in [-0.05, 0) is 5.56 Å². The number of aliphatic carboxylic acids is 1. The Morgan fingerprint density at radius 1 is 1.42 bits per heavy atom. The number of carbonyl (C=O) groups excluding carboxylic acids is 1. The molecule has 3 nitrogen and oxygen atoms in total. The van der Waals surface area contributed by atoms with Gasteiger partial charge >= 0.3 is 0 Å². The molecule has 0 aromatic heterocycles. The van der Waals surface area contributed by atoms with E-state index in [1.54, 1.807) is 12.1 Å². The van der Waals surface area contributed by atoms with Gasteiger partial charge in [0.1, 0.15) is 0 Å². The van der Waals surface area contributed by atoms with Crippen LogP contribution in [0.2, 0.25) is 0 Å². The number of carboxylic acid groups (broad SMARTS) is 1. The largest absolute Gasteiger partial charge is 0.550 e. The van der Waals surface area contributed by atoms with E-state index in [2.05, 4.69) is 0 Å². The summed E-state index contributed by atoms with van der Waals surface area (Å²) in [4.78, 5) is 10.2. The summed E-state index contributed by atoms with van der Waals surface area (Å²) >= 11 is 0. The molecular weight excluding hydrogens is 154 g/mol. The standard InChI is InChI=1S/C9H11NO2/c10-8(6-9(11)12)7-4-2-1-3-5-7/h1-5,8H,6,10H2,(H,11,12)/p-1. The number of carboxylic acids is 1. The lowest BCUT2D eigenvalue weighted by molar-refractivity contribution is -0.306. The minimum Gasteiger partial charge on any atom is -0.550 e. The molecular formula is C9H10NO2-. The van der Waals surface area contributed by atoms with E-state index in [9.17, 15) is 9.90 Å². The Hall–Kier alpha value is -1.35. The summed E-state index contributed by atoms with van der Waals surface area (Å²) in [6.07, 6.45) is -0.135. The molecule has 0 radical (unpaired) electrons. The van der Waals surface area contributed by atoms with Crippen LogP contribution >= 0.6 is 0 Å². The van der Waals surface area contributed by atoms with Crippen LogP contribution in [0.3, 0.4) is 0 Å². The Balaban J connectivity index is 2.65. The zero-order valence-corrected chi connectivity index (χ0v) is 6.57. The van der Waals surface area contributed by atoms with Gasteiger partial charge in [-0.2, -0.15) is 0 Å². The molecule has 1 atom stereocenters. The molecule has 0 aliphatic carbocycles. The predicted octanol–water partition coefficient (Wildman–Crippen LogP) is -0.174. The first kappa shape index (κ1) is 8.74. The fraction of sp³-hybridized carbons (Fsp3) is 0.222. The van der Waals surface area contributed by atoms with E-state index in [0.717, 1.165) is 5.56 Å². The first-order chi connectivity index (χ1) is 5.70. The average molecular weight is 164 g/mol. The highest BCUT2D eigenvalue weighted by atomic mass is 16.4. The molecule has 1 unspecified atom stereocenters. The molecule has 0 heterocycles. The summed E-state index contributed by atoms with van der Waals surface area (Å²) in [6.45, 7) is 0. The van der Waals surface area contributed by atoms with Crippen molar-refractivity contribution in [2.24, 2.45) is 5.73 Å². The van der Waals surface area contributed by atoms with E-state index in [1.807, 2.05) is 18.2 Å². The molecule has 1 rings (SSSR count). The second-order valence-electron chi connectivity index (χ2n) is 2.59. The first-order valence-electron chi connectivity index (χ1n) is 3.70. The van der Waals surface area contributed by atoms with Crippen molar-refractivity contribution in [1.82, 2.24) is 0 Å². The van der Waals surface area contributed by atoms with E-state index in [4.69, 9.17) is 5.73 Å². The van der Waals surface area contributed by atoms with E-state index < -0.39 is 12.0 Å². The second kappa shape index (κ2) is 3.88. The zero-order chi connectivity index (χ0) is 8.97. The smallest absolute Gasteiger partial charge is 0.0433 e. The Morgan fingerprint density at radius 3 is 2.50 bits per heavy atom. The lowest BCUT2D eigenvalue weighted by Crippen LogP contribution is -2.27.